The van der Waals surface area contributed by atoms with Gasteiger partial charge in [0.15, 0.2) is 0 Å². The number of esters is 1. The SMILES string of the molecule is CCOC(=O)/C=C/[C@H]1[C@H](C)Oc2ccc(OC)cc2[C@@H]1C[N+](=O)[O-]. The van der Waals surface area contributed by atoms with Crippen LogP contribution in [0.4, 0.5) is 0 Å². The second kappa shape index (κ2) is 7.81. The van der Waals surface area contributed by atoms with Gasteiger partial charge in [-0.15, -0.1) is 0 Å². The summed E-state index contributed by atoms with van der Waals surface area (Å²) in [5.41, 5.74) is 0.711. The molecule has 1 aromatic rings. The van der Waals surface area contributed by atoms with E-state index in [1.54, 1.807) is 31.2 Å². The maximum Gasteiger partial charge on any atom is 0.330 e. The van der Waals surface area contributed by atoms with E-state index in [0.717, 1.165) is 0 Å². The van der Waals surface area contributed by atoms with Crippen LogP contribution in [0.15, 0.2) is 30.4 Å². The van der Waals surface area contributed by atoms with Gasteiger partial charge in [0.1, 0.15) is 17.6 Å². The Labute approximate surface area is 140 Å². The van der Waals surface area contributed by atoms with E-state index in [1.165, 1.54) is 13.2 Å². The number of hydrogen-bond acceptors (Lipinski definition) is 6. The second-order valence-electron chi connectivity index (χ2n) is 5.54. The lowest BCUT2D eigenvalue weighted by molar-refractivity contribution is -0.485. The molecule has 0 aromatic heterocycles. The molecule has 1 aliphatic heterocycles. The zero-order valence-corrected chi connectivity index (χ0v) is 13.9. The maximum atomic E-state index is 11.6. The van der Waals surface area contributed by atoms with E-state index in [4.69, 9.17) is 14.2 Å². The van der Waals surface area contributed by atoms with Crippen molar-refractivity contribution in [1.82, 2.24) is 0 Å². The quantitative estimate of drug-likeness (QED) is 0.344. The van der Waals surface area contributed by atoms with Gasteiger partial charge in [-0.25, -0.2) is 4.79 Å². The third-order valence-electron chi connectivity index (χ3n) is 4.02. The van der Waals surface area contributed by atoms with Crippen molar-refractivity contribution < 1.29 is 23.9 Å². The van der Waals surface area contributed by atoms with Crippen molar-refractivity contribution in [3.8, 4) is 11.5 Å². The first kappa shape index (κ1) is 17.8. The molecule has 1 heterocycles. The molecule has 0 amide bonds. The summed E-state index contributed by atoms with van der Waals surface area (Å²) in [6, 6.07) is 5.26. The molecular formula is C17H21NO6. The summed E-state index contributed by atoms with van der Waals surface area (Å²) < 4.78 is 15.9. The van der Waals surface area contributed by atoms with Crippen LogP contribution in [0.3, 0.4) is 0 Å². The molecule has 0 bridgehead atoms. The van der Waals surface area contributed by atoms with E-state index in [0.29, 0.717) is 17.1 Å². The molecule has 0 spiro atoms. The first-order valence-corrected chi connectivity index (χ1v) is 7.77. The van der Waals surface area contributed by atoms with Gasteiger partial charge in [0.2, 0.25) is 6.54 Å². The highest BCUT2D eigenvalue weighted by atomic mass is 16.6. The number of carbonyl (C=O) groups is 1. The number of nitrogens with zero attached hydrogens (tertiary/aromatic N) is 1. The first-order chi connectivity index (χ1) is 11.5. The molecule has 0 aliphatic carbocycles. The van der Waals surface area contributed by atoms with Crippen LogP contribution >= 0.6 is 0 Å². The number of fused-ring (bicyclic) bond motifs is 1. The molecule has 0 unspecified atom stereocenters. The smallest absolute Gasteiger partial charge is 0.330 e. The molecule has 0 fully saturated rings. The fourth-order valence-electron chi connectivity index (χ4n) is 2.92. The van der Waals surface area contributed by atoms with Gasteiger partial charge < -0.3 is 14.2 Å². The summed E-state index contributed by atoms with van der Waals surface area (Å²) in [5, 5.41) is 11.1. The van der Waals surface area contributed by atoms with Crippen molar-refractivity contribution in [2.45, 2.75) is 25.9 Å². The fraction of sp³-hybridized carbons (Fsp3) is 0.471. The van der Waals surface area contributed by atoms with Crippen LogP contribution in [0.2, 0.25) is 0 Å². The molecule has 0 saturated carbocycles. The molecule has 7 nitrogen and oxygen atoms in total. The summed E-state index contributed by atoms with van der Waals surface area (Å²) in [6.07, 6.45) is 2.65. The maximum absolute atomic E-state index is 11.6. The van der Waals surface area contributed by atoms with Crippen molar-refractivity contribution in [3.05, 3.63) is 46.0 Å². The van der Waals surface area contributed by atoms with Gasteiger partial charge in [-0.2, -0.15) is 0 Å². The summed E-state index contributed by atoms with van der Waals surface area (Å²) in [6.45, 7) is 3.57. The van der Waals surface area contributed by atoms with Crippen LogP contribution in [0, 0.1) is 16.0 Å². The van der Waals surface area contributed by atoms with E-state index in [1.807, 2.05) is 6.92 Å². The molecule has 7 heteroatoms. The number of ether oxygens (including phenoxy) is 3. The fourth-order valence-corrected chi connectivity index (χ4v) is 2.92. The third-order valence-corrected chi connectivity index (χ3v) is 4.02. The predicted molar refractivity (Wildman–Crippen MR) is 86.9 cm³/mol. The monoisotopic (exact) mass is 335 g/mol. The van der Waals surface area contributed by atoms with Gasteiger partial charge in [-0.1, -0.05) is 6.08 Å². The van der Waals surface area contributed by atoms with Crippen LogP contribution in [-0.4, -0.2) is 37.3 Å². The standard InChI is InChI=1S/C17H21NO6/c1-4-23-17(19)8-6-13-11(2)24-16-7-5-12(22-3)9-14(16)15(13)10-18(20)21/h5-9,11,13,15H,4,10H2,1-3H3/b8-6+/t11-,13-,15+/m0/s1. The molecule has 0 radical (unpaired) electrons. The summed E-state index contributed by atoms with van der Waals surface area (Å²) in [7, 11) is 1.54. The molecule has 130 valence electrons. The summed E-state index contributed by atoms with van der Waals surface area (Å²) in [5.74, 6) is 0.00393. The Hall–Kier alpha value is -2.57. The lowest BCUT2D eigenvalue weighted by Gasteiger charge is -2.35. The molecule has 0 saturated heterocycles. The topological polar surface area (TPSA) is 87.9 Å². The van der Waals surface area contributed by atoms with E-state index in [-0.39, 0.29) is 30.1 Å². The molecule has 3 atom stereocenters. The van der Waals surface area contributed by atoms with Crippen molar-refractivity contribution >= 4 is 5.97 Å². The number of rotatable bonds is 6. The summed E-state index contributed by atoms with van der Waals surface area (Å²) >= 11 is 0. The van der Waals surface area contributed by atoms with Gasteiger partial charge >= 0.3 is 5.97 Å². The molecule has 1 aliphatic rings. The van der Waals surface area contributed by atoms with E-state index in [2.05, 4.69) is 0 Å². The van der Waals surface area contributed by atoms with Gasteiger partial charge in [0.05, 0.1) is 19.6 Å². The van der Waals surface area contributed by atoms with E-state index < -0.39 is 11.9 Å². The van der Waals surface area contributed by atoms with Crippen LogP contribution in [0.25, 0.3) is 0 Å². The highest BCUT2D eigenvalue weighted by molar-refractivity contribution is 5.81. The average molecular weight is 335 g/mol. The van der Waals surface area contributed by atoms with E-state index in [9.17, 15) is 14.9 Å². The van der Waals surface area contributed by atoms with Crippen molar-refractivity contribution in [3.63, 3.8) is 0 Å². The molecule has 1 aromatic carbocycles. The highest BCUT2D eigenvalue weighted by Gasteiger charge is 2.38. The van der Waals surface area contributed by atoms with Crippen molar-refractivity contribution in [2.75, 3.05) is 20.3 Å². The van der Waals surface area contributed by atoms with Gasteiger partial charge in [-0.05, 0) is 32.0 Å². The minimum atomic E-state index is -0.471. The predicted octanol–water partition coefficient (Wildman–Crippen LogP) is 2.57. The average Bonchev–Trinajstić information content (AvgIpc) is 2.53. The van der Waals surface area contributed by atoms with Crippen molar-refractivity contribution in [1.29, 1.82) is 0 Å². The zero-order chi connectivity index (χ0) is 17.7. The Bertz CT molecular complexity index is 642. The Morgan fingerprint density at radius 3 is 2.83 bits per heavy atom. The first-order valence-electron chi connectivity index (χ1n) is 7.77. The Morgan fingerprint density at radius 1 is 1.46 bits per heavy atom. The largest absolute Gasteiger partial charge is 0.497 e. The number of benzene rings is 1. The summed E-state index contributed by atoms with van der Waals surface area (Å²) in [4.78, 5) is 22.4. The Kier molecular flexibility index (Phi) is 5.78. The molecule has 24 heavy (non-hydrogen) atoms. The van der Waals surface area contributed by atoms with Gasteiger partial charge in [0.25, 0.3) is 0 Å². The van der Waals surface area contributed by atoms with Crippen molar-refractivity contribution in [2.24, 2.45) is 5.92 Å². The minimum Gasteiger partial charge on any atom is -0.497 e. The zero-order valence-electron chi connectivity index (χ0n) is 13.9. The number of carbonyl (C=O) groups excluding carboxylic acids is 1. The number of hydrogen-bond donors (Lipinski definition) is 0. The van der Waals surface area contributed by atoms with Crippen LogP contribution < -0.4 is 9.47 Å². The van der Waals surface area contributed by atoms with Crippen LogP contribution in [0.5, 0.6) is 11.5 Å². The van der Waals surface area contributed by atoms with Crippen LogP contribution in [0.1, 0.15) is 25.3 Å². The van der Waals surface area contributed by atoms with Crippen LogP contribution in [-0.2, 0) is 9.53 Å². The lowest BCUT2D eigenvalue weighted by atomic mass is 9.80. The highest BCUT2D eigenvalue weighted by Crippen LogP contribution is 2.42. The molecular weight excluding hydrogens is 314 g/mol. The van der Waals surface area contributed by atoms with E-state index >= 15 is 0 Å². The number of methoxy groups -OCH3 is 1. The molecule has 0 N–H and O–H groups in total. The Morgan fingerprint density at radius 2 is 2.21 bits per heavy atom. The second-order valence-corrected chi connectivity index (χ2v) is 5.54. The normalized spacial score (nSPS) is 22.5. The van der Waals surface area contributed by atoms with Gasteiger partial charge in [0, 0.05) is 22.5 Å². The third kappa shape index (κ3) is 4.04. The lowest BCUT2D eigenvalue weighted by Crippen LogP contribution is -2.36. The minimum absolute atomic E-state index is 0.258. The van der Waals surface area contributed by atoms with Gasteiger partial charge in [-0.3, -0.25) is 10.1 Å². The number of nitro groups is 1. The molecule has 2 rings (SSSR count). The Balaban J connectivity index is 2.37.